The Balaban J connectivity index is 2.28. The first-order valence-electron chi connectivity index (χ1n) is 9.09. The predicted octanol–water partition coefficient (Wildman–Crippen LogP) is 4.13. The van der Waals surface area contributed by atoms with Crippen molar-refractivity contribution >= 4 is 5.97 Å². The number of allylic oxidation sites excluding steroid dienone is 1. The first kappa shape index (κ1) is 21.4. The van der Waals surface area contributed by atoms with E-state index in [0.717, 1.165) is 12.0 Å². The summed E-state index contributed by atoms with van der Waals surface area (Å²) in [5, 5.41) is 10.3. The Morgan fingerprint density at radius 3 is 2.52 bits per heavy atom. The Hall–Kier alpha value is -1.65. The number of rotatable bonds is 11. The van der Waals surface area contributed by atoms with Crippen molar-refractivity contribution in [3.05, 3.63) is 47.5 Å². The Bertz CT molecular complexity index is 524. The Morgan fingerprint density at radius 2 is 1.88 bits per heavy atom. The lowest BCUT2D eigenvalue weighted by Crippen LogP contribution is -2.23. The molecule has 1 N–H and O–H groups in total. The van der Waals surface area contributed by atoms with E-state index in [9.17, 15) is 9.90 Å². The van der Waals surface area contributed by atoms with E-state index in [-0.39, 0.29) is 17.8 Å². The molecule has 0 aliphatic rings. The number of carbonyl (C=O) groups excluding carboxylic acids is 1. The molecule has 0 saturated heterocycles. The van der Waals surface area contributed by atoms with Crippen LogP contribution in [0, 0.1) is 11.8 Å². The minimum atomic E-state index is -0.408. The molecular weight excluding hydrogens is 316 g/mol. The van der Waals surface area contributed by atoms with Crippen LogP contribution in [0.3, 0.4) is 0 Å². The van der Waals surface area contributed by atoms with Crippen molar-refractivity contribution in [2.45, 2.75) is 53.2 Å². The van der Waals surface area contributed by atoms with Gasteiger partial charge in [-0.25, -0.2) is 4.79 Å². The van der Waals surface area contributed by atoms with Crippen LogP contribution in [-0.2, 0) is 20.9 Å². The molecular formula is C21H32O4. The predicted molar refractivity (Wildman–Crippen MR) is 100 cm³/mol. The molecule has 0 heterocycles. The van der Waals surface area contributed by atoms with E-state index in [4.69, 9.17) is 9.47 Å². The van der Waals surface area contributed by atoms with Crippen LogP contribution >= 0.6 is 0 Å². The highest BCUT2D eigenvalue weighted by Crippen LogP contribution is 2.17. The lowest BCUT2D eigenvalue weighted by molar-refractivity contribution is -0.138. The van der Waals surface area contributed by atoms with E-state index in [1.807, 2.05) is 50.3 Å². The molecule has 0 aliphatic carbocycles. The third-order valence-corrected chi connectivity index (χ3v) is 4.20. The van der Waals surface area contributed by atoms with Crippen LogP contribution in [0.4, 0.5) is 0 Å². The summed E-state index contributed by atoms with van der Waals surface area (Å²) in [6, 6.07) is 10.0. The molecule has 4 nitrogen and oxygen atoms in total. The summed E-state index contributed by atoms with van der Waals surface area (Å²) in [4.78, 5) is 11.6. The molecule has 0 radical (unpaired) electrons. The fraction of sp³-hybridized carbons (Fsp3) is 0.571. The van der Waals surface area contributed by atoms with E-state index in [2.05, 4.69) is 0 Å². The summed E-state index contributed by atoms with van der Waals surface area (Å²) in [6.07, 6.45) is 3.01. The van der Waals surface area contributed by atoms with E-state index in [1.54, 1.807) is 13.8 Å². The standard InChI is InChI=1S/C21H32O4/c1-5-25-21(23)17(3)13-16(2)11-12-20(22)18(4)14-24-15-19-9-7-6-8-10-19/h6-10,13,16,18,20,22H,5,11-12,14-15H2,1-4H3/b17-13+/t16-,18-,20-/m1/s1. The third-order valence-electron chi connectivity index (χ3n) is 4.20. The van der Waals surface area contributed by atoms with E-state index >= 15 is 0 Å². The highest BCUT2D eigenvalue weighted by Gasteiger charge is 2.16. The second-order valence-electron chi connectivity index (χ2n) is 6.67. The van der Waals surface area contributed by atoms with Gasteiger partial charge in [-0.3, -0.25) is 0 Å². The van der Waals surface area contributed by atoms with Gasteiger partial charge in [-0.2, -0.15) is 0 Å². The van der Waals surface area contributed by atoms with Crippen LogP contribution in [-0.4, -0.2) is 30.4 Å². The van der Waals surface area contributed by atoms with Gasteiger partial charge >= 0.3 is 5.97 Å². The maximum Gasteiger partial charge on any atom is 0.333 e. The number of aliphatic hydroxyl groups excluding tert-OH is 1. The Morgan fingerprint density at radius 1 is 1.20 bits per heavy atom. The summed E-state index contributed by atoms with van der Waals surface area (Å²) in [5.41, 5.74) is 1.76. The Labute approximate surface area is 151 Å². The molecule has 0 aromatic heterocycles. The van der Waals surface area contributed by atoms with Crippen LogP contribution in [0.2, 0.25) is 0 Å². The van der Waals surface area contributed by atoms with E-state index in [0.29, 0.717) is 31.8 Å². The highest BCUT2D eigenvalue weighted by atomic mass is 16.5. The summed E-state index contributed by atoms with van der Waals surface area (Å²) < 4.78 is 10.7. The van der Waals surface area contributed by atoms with Crippen molar-refractivity contribution in [1.82, 2.24) is 0 Å². The monoisotopic (exact) mass is 348 g/mol. The fourth-order valence-corrected chi connectivity index (χ4v) is 2.59. The second kappa shape index (κ2) is 11.8. The van der Waals surface area contributed by atoms with Gasteiger partial charge in [0.2, 0.25) is 0 Å². The molecule has 0 spiro atoms. The minimum Gasteiger partial charge on any atom is -0.463 e. The summed E-state index contributed by atoms with van der Waals surface area (Å²) in [7, 11) is 0. The van der Waals surface area contributed by atoms with E-state index < -0.39 is 6.10 Å². The van der Waals surface area contributed by atoms with Crippen LogP contribution < -0.4 is 0 Å². The largest absolute Gasteiger partial charge is 0.463 e. The molecule has 0 unspecified atom stereocenters. The smallest absolute Gasteiger partial charge is 0.333 e. The van der Waals surface area contributed by atoms with Crippen LogP contribution in [0.15, 0.2) is 42.0 Å². The zero-order valence-electron chi connectivity index (χ0n) is 15.9. The normalized spacial score (nSPS) is 15.5. The zero-order chi connectivity index (χ0) is 18.7. The molecule has 1 aromatic carbocycles. The van der Waals surface area contributed by atoms with Gasteiger partial charge in [0.25, 0.3) is 0 Å². The van der Waals surface area contributed by atoms with Crippen molar-refractivity contribution in [3.8, 4) is 0 Å². The average molecular weight is 348 g/mol. The molecule has 0 fully saturated rings. The number of hydrogen-bond acceptors (Lipinski definition) is 4. The van der Waals surface area contributed by atoms with Crippen molar-refractivity contribution in [1.29, 1.82) is 0 Å². The van der Waals surface area contributed by atoms with E-state index in [1.165, 1.54) is 0 Å². The molecule has 0 bridgehead atoms. The maximum atomic E-state index is 11.6. The van der Waals surface area contributed by atoms with Crippen molar-refractivity contribution < 1.29 is 19.4 Å². The number of carbonyl (C=O) groups is 1. The van der Waals surface area contributed by atoms with Crippen molar-refractivity contribution in [3.63, 3.8) is 0 Å². The summed E-state index contributed by atoms with van der Waals surface area (Å²) in [6.45, 7) is 9.10. The lowest BCUT2D eigenvalue weighted by atomic mass is 9.95. The zero-order valence-corrected chi connectivity index (χ0v) is 15.9. The number of aliphatic hydroxyl groups is 1. The first-order chi connectivity index (χ1) is 11.9. The van der Waals surface area contributed by atoms with Crippen molar-refractivity contribution in [2.24, 2.45) is 11.8 Å². The van der Waals surface area contributed by atoms with Crippen LogP contribution in [0.1, 0.15) is 46.1 Å². The van der Waals surface area contributed by atoms with Gasteiger partial charge in [-0.05, 0) is 38.2 Å². The van der Waals surface area contributed by atoms with Gasteiger partial charge in [-0.1, -0.05) is 50.3 Å². The topological polar surface area (TPSA) is 55.8 Å². The average Bonchev–Trinajstić information content (AvgIpc) is 2.60. The molecule has 140 valence electrons. The quantitative estimate of drug-likeness (QED) is 0.483. The SMILES string of the molecule is CCOC(=O)/C(C)=C/[C@H](C)CC[C@@H](O)[C@H](C)COCc1ccccc1. The fourth-order valence-electron chi connectivity index (χ4n) is 2.59. The summed E-state index contributed by atoms with van der Waals surface area (Å²) >= 11 is 0. The molecule has 25 heavy (non-hydrogen) atoms. The molecule has 0 saturated carbocycles. The highest BCUT2D eigenvalue weighted by molar-refractivity contribution is 5.87. The van der Waals surface area contributed by atoms with Crippen molar-refractivity contribution in [2.75, 3.05) is 13.2 Å². The number of esters is 1. The van der Waals surface area contributed by atoms with Gasteiger partial charge in [0.1, 0.15) is 0 Å². The lowest BCUT2D eigenvalue weighted by Gasteiger charge is -2.20. The van der Waals surface area contributed by atoms with Gasteiger partial charge in [-0.15, -0.1) is 0 Å². The van der Waals surface area contributed by atoms with Gasteiger partial charge in [0, 0.05) is 11.5 Å². The number of hydrogen-bond donors (Lipinski definition) is 1. The maximum absolute atomic E-state index is 11.6. The van der Waals surface area contributed by atoms with Gasteiger partial charge in [0.15, 0.2) is 0 Å². The van der Waals surface area contributed by atoms with Gasteiger partial charge in [0.05, 0.1) is 25.9 Å². The number of ether oxygens (including phenoxy) is 2. The molecule has 1 rings (SSSR count). The molecule has 1 aromatic rings. The second-order valence-corrected chi connectivity index (χ2v) is 6.67. The number of benzene rings is 1. The molecule has 3 atom stereocenters. The van der Waals surface area contributed by atoms with Crippen LogP contribution in [0.25, 0.3) is 0 Å². The minimum absolute atomic E-state index is 0.0750. The Kier molecular flexibility index (Phi) is 10.1. The third kappa shape index (κ3) is 8.84. The first-order valence-corrected chi connectivity index (χ1v) is 9.09. The molecule has 0 amide bonds. The molecule has 0 aliphatic heterocycles. The molecule has 4 heteroatoms. The van der Waals surface area contributed by atoms with Gasteiger partial charge < -0.3 is 14.6 Å². The summed E-state index contributed by atoms with van der Waals surface area (Å²) in [5.74, 6) is 0.0279. The van der Waals surface area contributed by atoms with Crippen LogP contribution in [0.5, 0.6) is 0 Å².